The van der Waals surface area contributed by atoms with Crippen LogP contribution >= 0.6 is 11.3 Å². The number of aryl methyl sites for hydroxylation is 2. The Morgan fingerprint density at radius 3 is 2.71 bits per heavy atom. The highest BCUT2D eigenvalue weighted by atomic mass is 32.1. The Bertz CT molecular complexity index is 293. The van der Waals surface area contributed by atoms with Crippen LogP contribution in [0.4, 0.5) is 0 Å². The van der Waals surface area contributed by atoms with E-state index in [0.29, 0.717) is 6.04 Å². The van der Waals surface area contributed by atoms with Gasteiger partial charge < -0.3 is 5.32 Å². The third kappa shape index (κ3) is 2.37. The molecule has 2 heteroatoms. The molecule has 0 spiro atoms. The first-order chi connectivity index (χ1) is 6.66. The molecule has 1 fully saturated rings. The molecule has 0 aliphatic heterocycles. The van der Waals surface area contributed by atoms with Crippen molar-refractivity contribution in [2.45, 2.75) is 46.2 Å². The molecule has 2 rings (SSSR count). The molecule has 1 aliphatic rings. The molecule has 1 aliphatic carbocycles. The first kappa shape index (κ1) is 10.2. The number of hydrogen-bond acceptors (Lipinski definition) is 2. The second-order valence-corrected chi connectivity index (χ2v) is 5.80. The summed E-state index contributed by atoms with van der Waals surface area (Å²) in [5, 5.41) is 3.61. The fourth-order valence-corrected chi connectivity index (χ4v) is 2.77. The molecule has 14 heavy (non-hydrogen) atoms. The highest BCUT2D eigenvalue weighted by molar-refractivity contribution is 7.12. The normalized spacial score (nSPS) is 18.5. The van der Waals surface area contributed by atoms with Gasteiger partial charge in [-0.3, -0.25) is 0 Å². The van der Waals surface area contributed by atoms with Crippen LogP contribution in [0, 0.1) is 19.8 Å². The van der Waals surface area contributed by atoms with E-state index >= 15 is 0 Å². The fourth-order valence-electron chi connectivity index (χ4n) is 1.76. The lowest BCUT2D eigenvalue weighted by molar-refractivity contribution is 0.498. The predicted octanol–water partition coefficient (Wildman–Crippen LogP) is 3.25. The van der Waals surface area contributed by atoms with E-state index in [1.165, 1.54) is 28.2 Å². The Morgan fingerprint density at radius 2 is 2.21 bits per heavy atom. The molecule has 1 unspecified atom stereocenters. The summed E-state index contributed by atoms with van der Waals surface area (Å²) in [5.74, 6) is 0.956. The van der Waals surface area contributed by atoms with Crippen LogP contribution < -0.4 is 5.32 Å². The van der Waals surface area contributed by atoms with Crippen LogP contribution in [0.2, 0.25) is 0 Å². The Morgan fingerprint density at radius 1 is 1.50 bits per heavy atom. The monoisotopic (exact) mass is 209 g/mol. The van der Waals surface area contributed by atoms with E-state index in [-0.39, 0.29) is 0 Å². The van der Waals surface area contributed by atoms with Crippen LogP contribution in [0.15, 0.2) is 6.07 Å². The summed E-state index contributed by atoms with van der Waals surface area (Å²) < 4.78 is 0. The molecule has 1 saturated carbocycles. The molecule has 0 amide bonds. The molecule has 0 saturated heterocycles. The van der Waals surface area contributed by atoms with Crippen LogP contribution in [0.1, 0.15) is 35.1 Å². The minimum absolute atomic E-state index is 0.706. The quantitative estimate of drug-likeness (QED) is 0.802. The standard InChI is InChI=1S/C12H19NS/c1-8-6-12(14-10(8)3)7-13-9(2)11-4-5-11/h6,9,11,13H,4-5,7H2,1-3H3. The maximum atomic E-state index is 3.61. The van der Waals surface area contributed by atoms with E-state index in [1.54, 1.807) is 0 Å². The molecule has 78 valence electrons. The van der Waals surface area contributed by atoms with Gasteiger partial charge in [-0.2, -0.15) is 0 Å². The minimum Gasteiger partial charge on any atom is -0.309 e. The van der Waals surface area contributed by atoms with Gasteiger partial charge in [-0.1, -0.05) is 0 Å². The van der Waals surface area contributed by atoms with Crippen LogP contribution in [0.25, 0.3) is 0 Å². The van der Waals surface area contributed by atoms with E-state index in [0.717, 1.165) is 12.5 Å². The van der Waals surface area contributed by atoms with Gasteiger partial charge >= 0.3 is 0 Å². The number of hydrogen-bond donors (Lipinski definition) is 1. The first-order valence-corrected chi connectivity index (χ1v) is 6.28. The molecule has 0 aromatic carbocycles. The van der Waals surface area contributed by atoms with Gasteiger partial charge in [0.25, 0.3) is 0 Å². The van der Waals surface area contributed by atoms with Crippen molar-refractivity contribution in [3.05, 3.63) is 21.4 Å². The second kappa shape index (κ2) is 4.03. The Kier molecular flexibility index (Phi) is 2.93. The molecule has 1 heterocycles. The average molecular weight is 209 g/mol. The van der Waals surface area contributed by atoms with E-state index < -0.39 is 0 Å². The van der Waals surface area contributed by atoms with E-state index in [9.17, 15) is 0 Å². The second-order valence-electron chi connectivity index (χ2n) is 4.46. The van der Waals surface area contributed by atoms with Gasteiger partial charge in [-0.15, -0.1) is 11.3 Å². The Balaban J connectivity index is 1.84. The molecule has 1 aromatic rings. The summed E-state index contributed by atoms with van der Waals surface area (Å²) in [7, 11) is 0. The molecule has 1 N–H and O–H groups in total. The summed E-state index contributed by atoms with van der Waals surface area (Å²) in [5.41, 5.74) is 1.44. The van der Waals surface area contributed by atoms with Crippen molar-refractivity contribution in [2.24, 2.45) is 5.92 Å². The van der Waals surface area contributed by atoms with Gasteiger partial charge in [0, 0.05) is 22.3 Å². The van der Waals surface area contributed by atoms with Gasteiger partial charge in [-0.05, 0) is 51.2 Å². The molecule has 1 atom stereocenters. The lowest BCUT2D eigenvalue weighted by atomic mass is 10.2. The van der Waals surface area contributed by atoms with Gasteiger partial charge in [0.1, 0.15) is 0 Å². The molecular weight excluding hydrogens is 190 g/mol. The predicted molar refractivity (Wildman–Crippen MR) is 62.8 cm³/mol. The van der Waals surface area contributed by atoms with Gasteiger partial charge in [0.15, 0.2) is 0 Å². The van der Waals surface area contributed by atoms with E-state index in [4.69, 9.17) is 0 Å². The van der Waals surface area contributed by atoms with Gasteiger partial charge in [0.2, 0.25) is 0 Å². The summed E-state index contributed by atoms with van der Waals surface area (Å²) in [6.07, 6.45) is 2.85. The largest absolute Gasteiger partial charge is 0.309 e. The van der Waals surface area contributed by atoms with Crippen molar-refractivity contribution in [1.82, 2.24) is 5.32 Å². The van der Waals surface area contributed by atoms with Gasteiger partial charge in [0.05, 0.1) is 0 Å². The molecule has 1 nitrogen and oxygen atoms in total. The SMILES string of the molecule is Cc1cc(CNC(C)C2CC2)sc1C. The van der Waals surface area contributed by atoms with Crippen molar-refractivity contribution in [3.8, 4) is 0 Å². The van der Waals surface area contributed by atoms with Crippen LogP contribution in [-0.2, 0) is 6.54 Å². The maximum Gasteiger partial charge on any atom is 0.0302 e. The zero-order valence-electron chi connectivity index (χ0n) is 9.26. The molecule has 0 bridgehead atoms. The highest BCUT2D eigenvalue weighted by Crippen LogP contribution is 2.32. The number of rotatable bonds is 4. The zero-order chi connectivity index (χ0) is 10.1. The van der Waals surface area contributed by atoms with Gasteiger partial charge in [-0.25, -0.2) is 0 Å². The van der Waals surface area contributed by atoms with Crippen molar-refractivity contribution < 1.29 is 0 Å². The van der Waals surface area contributed by atoms with Crippen LogP contribution in [0.3, 0.4) is 0 Å². The summed E-state index contributed by atoms with van der Waals surface area (Å²) >= 11 is 1.93. The third-order valence-electron chi connectivity index (χ3n) is 3.14. The summed E-state index contributed by atoms with van der Waals surface area (Å²) in [4.78, 5) is 2.94. The highest BCUT2D eigenvalue weighted by Gasteiger charge is 2.27. The minimum atomic E-state index is 0.706. The van der Waals surface area contributed by atoms with Crippen LogP contribution in [-0.4, -0.2) is 6.04 Å². The summed E-state index contributed by atoms with van der Waals surface area (Å²) in [6.45, 7) is 7.76. The van der Waals surface area contributed by atoms with E-state index in [1.807, 2.05) is 11.3 Å². The van der Waals surface area contributed by atoms with Crippen molar-refractivity contribution >= 4 is 11.3 Å². The smallest absolute Gasteiger partial charge is 0.0302 e. The van der Waals surface area contributed by atoms with Crippen molar-refractivity contribution in [1.29, 1.82) is 0 Å². The van der Waals surface area contributed by atoms with Crippen molar-refractivity contribution in [2.75, 3.05) is 0 Å². The Labute approximate surface area is 90.5 Å². The fraction of sp³-hybridized carbons (Fsp3) is 0.667. The first-order valence-electron chi connectivity index (χ1n) is 5.46. The average Bonchev–Trinajstić information content (AvgIpc) is 2.92. The third-order valence-corrected chi connectivity index (χ3v) is 4.30. The summed E-state index contributed by atoms with van der Waals surface area (Å²) in [6, 6.07) is 3.02. The topological polar surface area (TPSA) is 12.0 Å². The van der Waals surface area contributed by atoms with Crippen molar-refractivity contribution in [3.63, 3.8) is 0 Å². The Hall–Kier alpha value is -0.340. The zero-order valence-corrected chi connectivity index (χ0v) is 10.1. The van der Waals surface area contributed by atoms with Crippen LogP contribution in [0.5, 0.6) is 0 Å². The molecular formula is C12H19NS. The van der Waals surface area contributed by atoms with E-state index in [2.05, 4.69) is 32.2 Å². The number of thiophene rings is 1. The molecule has 0 radical (unpaired) electrons. The number of nitrogens with one attached hydrogen (secondary N) is 1. The lowest BCUT2D eigenvalue weighted by Crippen LogP contribution is -2.26. The molecule has 1 aromatic heterocycles. The maximum absolute atomic E-state index is 3.61. The lowest BCUT2D eigenvalue weighted by Gasteiger charge is -2.10.